The van der Waals surface area contributed by atoms with Crippen LogP contribution in [-0.4, -0.2) is 33.3 Å². The smallest absolute Gasteiger partial charge is 0.253 e. The summed E-state index contributed by atoms with van der Waals surface area (Å²) >= 11 is 1.22. The van der Waals surface area contributed by atoms with Crippen molar-refractivity contribution in [2.75, 3.05) is 13.6 Å². The van der Waals surface area contributed by atoms with E-state index in [-0.39, 0.29) is 6.10 Å². The van der Waals surface area contributed by atoms with E-state index in [0.29, 0.717) is 5.88 Å². The fraction of sp³-hybridized carbons (Fsp3) is 0.375. The van der Waals surface area contributed by atoms with Gasteiger partial charge in [-0.15, -0.1) is 4.37 Å². The zero-order chi connectivity index (χ0) is 25.6. The molecule has 2 aromatic carbocycles. The van der Waals surface area contributed by atoms with Crippen LogP contribution in [-0.2, 0) is 19.3 Å². The first-order valence-electron chi connectivity index (χ1n) is 13.6. The number of unbranched alkanes of at least 4 members (excludes halogenated alkanes) is 1. The van der Waals surface area contributed by atoms with Crippen molar-refractivity contribution in [3.8, 4) is 17.0 Å². The van der Waals surface area contributed by atoms with E-state index in [1.54, 1.807) is 5.56 Å². The Labute approximate surface area is 225 Å². The molecule has 0 radical (unpaired) electrons. The number of hydrogen-bond acceptors (Lipinski definition) is 5. The summed E-state index contributed by atoms with van der Waals surface area (Å²) < 4.78 is 14.6. The van der Waals surface area contributed by atoms with Crippen molar-refractivity contribution in [1.29, 1.82) is 0 Å². The summed E-state index contributed by atoms with van der Waals surface area (Å²) in [4.78, 5) is 2.12. The van der Waals surface area contributed by atoms with Crippen molar-refractivity contribution in [3.63, 3.8) is 0 Å². The van der Waals surface area contributed by atoms with Gasteiger partial charge in [-0.05, 0) is 84.7 Å². The van der Waals surface area contributed by atoms with Crippen LogP contribution in [0.25, 0.3) is 22.8 Å². The molecule has 192 valence electrons. The third-order valence-electron chi connectivity index (χ3n) is 7.36. The summed E-state index contributed by atoms with van der Waals surface area (Å²) in [6.07, 6.45) is 19.2. The Bertz CT molecular complexity index is 1320. The number of nitrogens with zero attached hydrogens (tertiary/aromatic N) is 3. The molecule has 3 aliphatic rings. The number of rotatable bonds is 6. The van der Waals surface area contributed by atoms with Crippen molar-refractivity contribution in [3.05, 3.63) is 88.8 Å². The summed E-state index contributed by atoms with van der Waals surface area (Å²) in [7, 11) is 2.05. The second-order valence-corrected chi connectivity index (χ2v) is 10.7. The van der Waals surface area contributed by atoms with Crippen LogP contribution in [0.5, 0.6) is 5.88 Å². The lowest BCUT2D eigenvalue weighted by atomic mass is 9.80. The van der Waals surface area contributed by atoms with Gasteiger partial charge in [-0.25, -0.2) is 0 Å². The predicted molar refractivity (Wildman–Crippen MR) is 156 cm³/mol. The minimum absolute atomic E-state index is 0.195. The zero-order valence-corrected chi connectivity index (χ0v) is 23.1. The number of hydrogen-bond donors (Lipinski definition) is 0. The summed E-state index contributed by atoms with van der Waals surface area (Å²) in [6.45, 7) is 5.14. The van der Waals surface area contributed by atoms with Crippen molar-refractivity contribution in [2.24, 2.45) is 0 Å². The maximum absolute atomic E-state index is 5.93. The highest BCUT2D eigenvalue weighted by Gasteiger charge is 2.20. The zero-order valence-electron chi connectivity index (χ0n) is 22.2. The monoisotopic (exact) mass is 511 g/mol. The quantitative estimate of drug-likeness (QED) is 0.339. The lowest BCUT2D eigenvalue weighted by Crippen LogP contribution is -2.17. The highest BCUT2D eigenvalue weighted by molar-refractivity contribution is 6.99. The molecule has 1 unspecified atom stereocenters. The molecule has 1 atom stereocenters. The summed E-state index contributed by atoms with van der Waals surface area (Å²) in [6, 6.07) is 13.5. The van der Waals surface area contributed by atoms with Crippen molar-refractivity contribution < 1.29 is 4.74 Å². The van der Waals surface area contributed by atoms with E-state index in [0.717, 1.165) is 24.2 Å². The van der Waals surface area contributed by atoms with Gasteiger partial charge in [0.25, 0.3) is 5.88 Å². The number of aryl methyl sites for hydroxylation is 2. The molecule has 3 aromatic rings. The van der Waals surface area contributed by atoms with Gasteiger partial charge in [-0.3, -0.25) is 0 Å². The molecule has 0 saturated heterocycles. The number of allylic oxidation sites excluding steroid dienone is 3. The van der Waals surface area contributed by atoms with Crippen LogP contribution in [0.3, 0.4) is 0 Å². The summed E-state index contributed by atoms with van der Waals surface area (Å²) in [5.41, 5.74) is 11.1. The minimum atomic E-state index is 0.195. The van der Waals surface area contributed by atoms with Gasteiger partial charge >= 0.3 is 0 Å². The first-order chi connectivity index (χ1) is 18.1. The van der Waals surface area contributed by atoms with Gasteiger partial charge in [0.05, 0.1) is 17.8 Å². The van der Waals surface area contributed by atoms with E-state index in [9.17, 15) is 0 Å². The van der Waals surface area contributed by atoms with Crippen LogP contribution in [0.4, 0.5) is 0 Å². The third kappa shape index (κ3) is 5.88. The lowest BCUT2D eigenvalue weighted by molar-refractivity contribution is 0.200. The van der Waals surface area contributed by atoms with Crippen LogP contribution in [0.1, 0.15) is 67.5 Å². The summed E-state index contributed by atoms with van der Waals surface area (Å²) in [5, 5.41) is 0. The highest BCUT2D eigenvalue weighted by atomic mass is 32.1. The molecule has 37 heavy (non-hydrogen) atoms. The predicted octanol–water partition coefficient (Wildman–Crippen LogP) is 7.75. The van der Waals surface area contributed by atoms with Crippen LogP contribution >= 0.6 is 11.7 Å². The number of aromatic nitrogens is 2. The molecule has 4 nitrogen and oxygen atoms in total. The topological polar surface area (TPSA) is 38.3 Å². The van der Waals surface area contributed by atoms with E-state index < -0.39 is 0 Å². The van der Waals surface area contributed by atoms with Crippen LogP contribution in [0.2, 0.25) is 0 Å². The average molecular weight is 512 g/mol. The molecular formula is C32H37N3OS. The fourth-order valence-corrected chi connectivity index (χ4v) is 5.91. The average Bonchev–Trinajstić information content (AvgIpc) is 3.40. The maximum atomic E-state index is 5.93. The minimum Gasteiger partial charge on any atom is -0.472 e. The maximum Gasteiger partial charge on any atom is 0.253 e. The Morgan fingerprint density at radius 3 is 2.78 bits per heavy atom. The number of likely N-dealkylation sites (N-methyl/N-ethyl adjacent to an activating group) is 1. The van der Waals surface area contributed by atoms with Crippen LogP contribution < -0.4 is 4.74 Å². The number of benzene rings is 2. The first kappa shape index (κ1) is 25.5. The summed E-state index contributed by atoms with van der Waals surface area (Å²) in [5.74, 6) is 0.684. The van der Waals surface area contributed by atoms with Gasteiger partial charge in [0, 0.05) is 19.2 Å². The van der Waals surface area contributed by atoms with Gasteiger partial charge in [-0.2, -0.15) is 4.37 Å². The Balaban J connectivity index is 0.000000151. The van der Waals surface area contributed by atoms with Gasteiger partial charge < -0.3 is 9.64 Å². The highest BCUT2D eigenvalue weighted by Crippen LogP contribution is 2.38. The molecule has 2 aliphatic carbocycles. The molecule has 1 aromatic heterocycles. The van der Waals surface area contributed by atoms with E-state index >= 15 is 0 Å². The molecule has 6 rings (SSSR count). The largest absolute Gasteiger partial charge is 0.472 e. The SMILES string of the molecule is C1=Cc2c(ccc3c2CCc2ccccc2-3)CC1.CCCCC(C)Oc1nsnc1C1=CC=CN(C)C1. The number of fused-ring (bicyclic) bond motifs is 5. The molecular weight excluding hydrogens is 474 g/mol. The third-order valence-corrected chi connectivity index (χ3v) is 7.87. The Morgan fingerprint density at radius 1 is 1.03 bits per heavy atom. The van der Waals surface area contributed by atoms with E-state index in [1.807, 2.05) is 19.3 Å². The van der Waals surface area contributed by atoms with Crippen molar-refractivity contribution >= 4 is 23.4 Å². The molecule has 0 saturated carbocycles. The Hall–Kier alpha value is -3.18. The molecule has 0 bridgehead atoms. The van der Waals surface area contributed by atoms with E-state index in [1.165, 1.54) is 78.1 Å². The molecule has 0 spiro atoms. The van der Waals surface area contributed by atoms with Crippen LogP contribution in [0.15, 0.2) is 60.8 Å². The van der Waals surface area contributed by atoms with Gasteiger partial charge in [0.2, 0.25) is 0 Å². The Kier molecular flexibility index (Phi) is 8.20. The molecule has 0 fully saturated rings. The van der Waals surface area contributed by atoms with Gasteiger partial charge in [0.15, 0.2) is 0 Å². The van der Waals surface area contributed by atoms with Crippen molar-refractivity contribution in [2.45, 2.75) is 64.9 Å². The standard InChI is InChI=1S/C18H16.C14H21N3OS/c1-3-7-15-13(5-1)9-11-18-16-8-4-2-6-14(16)10-12-17(15)18;1-4-5-7-11(2)18-14-13(15-19-16-14)12-8-6-9-17(3)10-12/h1,3-5,7-8,10,12H,2,6,9,11H2;6,8-9,11H,4-5,7,10H2,1-3H3. The molecule has 0 amide bonds. The first-order valence-corrected chi connectivity index (χ1v) is 14.3. The second kappa shape index (κ2) is 11.9. The normalized spacial score (nSPS) is 16.1. The molecule has 0 N–H and O–H groups in total. The van der Waals surface area contributed by atoms with Crippen LogP contribution in [0, 0.1) is 0 Å². The molecule has 2 heterocycles. The number of ether oxygens (including phenoxy) is 1. The van der Waals surface area contributed by atoms with Crippen molar-refractivity contribution in [1.82, 2.24) is 13.6 Å². The second-order valence-electron chi connectivity index (χ2n) is 10.2. The van der Waals surface area contributed by atoms with E-state index in [2.05, 4.69) is 82.1 Å². The Morgan fingerprint density at radius 2 is 1.92 bits per heavy atom. The molecule has 5 heteroatoms. The van der Waals surface area contributed by atoms with Gasteiger partial charge in [0.1, 0.15) is 5.69 Å². The fourth-order valence-electron chi connectivity index (χ4n) is 5.39. The van der Waals surface area contributed by atoms with E-state index in [4.69, 9.17) is 4.74 Å². The van der Waals surface area contributed by atoms with Gasteiger partial charge in [-0.1, -0.05) is 74.4 Å². The lowest BCUT2D eigenvalue weighted by Gasteiger charge is -2.24. The molecule has 1 aliphatic heterocycles.